The fraction of sp³-hybridized carbons (Fsp3) is 0.318. The molecule has 1 aromatic heterocycles. The Hall–Kier alpha value is -3.00. The Kier molecular flexibility index (Phi) is 6.66. The SMILES string of the molecule is CCOc1ccc2oc(C(=O)NCc3ccc(COCC(F)(F)F)cc3)c(C)c2c1. The van der Waals surface area contributed by atoms with E-state index in [9.17, 15) is 18.0 Å². The first-order valence-corrected chi connectivity index (χ1v) is 9.43. The Morgan fingerprint density at radius 1 is 1.10 bits per heavy atom. The minimum Gasteiger partial charge on any atom is -0.494 e. The number of carbonyl (C=O) groups is 1. The lowest BCUT2D eigenvalue weighted by molar-refractivity contribution is -0.176. The Bertz CT molecular complexity index is 1010. The molecular weight excluding hydrogens is 399 g/mol. The van der Waals surface area contributed by atoms with Crippen molar-refractivity contribution in [3.63, 3.8) is 0 Å². The number of alkyl halides is 3. The molecule has 0 spiro atoms. The van der Waals surface area contributed by atoms with E-state index in [4.69, 9.17) is 9.15 Å². The van der Waals surface area contributed by atoms with Crippen LogP contribution in [0.15, 0.2) is 46.9 Å². The molecule has 5 nitrogen and oxygen atoms in total. The minimum atomic E-state index is -4.34. The Morgan fingerprint density at radius 2 is 1.80 bits per heavy atom. The zero-order chi connectivity index (χ0) is 21.7. The molecule has 0 bridgehead atoms. The predicted molar refractivity (Wildman–Crippen MR) is 105 cm³/mol. The summed E-state index contributed by atoms with van der Waals surface area (Å²) in [6, 6.07) is 12.2. The van der Waals surface area contributed by atoms with Crippen LogP contribution in [0.1, 0.15) is 34.2 Å². The Balaban J connectivity index is 1.59. The van der Waals surface area contributed by atoms with Gasteiger partial charge in [-0.3, -0.25) is 4.79 Å². The first-order valence-electron chi connectivity index (χ1n) is 9.43. The summed E-state index contributed by atoms with van der Waals surface area (Å²) >= 11 is 0. The Morgan fingerprint density at radius 3 is 2.47 bits per heavy atom. The number of carbonyl (C=O) groups excluding carboxylic acids is 1. The van der Waals surface area contributed by atoms with Crippen molar-refractivity contribution in [1.82, 2.24) is 5.32 Å². The van der Waals surface area contributed by atoms with Gasteiger partial charge in [-0.25, -0.2) is 0 Å². The van der Waals surface area contributed by atoms with Gasteiger partial charge in [0, 0.05) is 17.5 Å². The average Bonchev–Trinajstić information content (AvgIpc) is 3.03. The summed E-state index contributed by atoms with van der Waals surface area (Å²) in [6.45, 7) is 3.09. The number of hydrogen-bond donors (Lipinski definition) is 1. The summed E-state index contributed by atoms with van der Waals surface area (Å²) in [5.74, 6) is 0.593. The second kappa shape index (κ2) is 9.21. The third-order valence-electron chi connectivity index (χ3n) is 4.44. The maximum atomic E-state index is 12.6. The molecule has 30 heavy (non-hydrogen) atoms. The van der Waals surface area contributed by atoms with Crippen molar-refractivity contribution in [2.45, 2.75) is 33.2 Å². The Labute approximate surface area is 171 Å². The van der Waals surface area contributed by atoms with E-state index in [1.54, 1.807) is 36.4 Å². The van der Waals surface area contributed by atoms with Crippen LogP contribution in [0.2, 0.25) is 0 Å². The second-order valence-corrected chi connectivity index (χ2v) is 6.75. The summed E-state index contributed by atoms with van der Waals surface area (Å²) in [5.41, 5.74) is 2.74. The summed E-state index contributed by atoms with van der Waals surface area (Å²) < 4.78 is 52.1. The molecule has 0 saturated heterocycles. The average molecular weight is 421 g/mol. The van der Waals surface area contributed by atoms with Crippen LogP contribution in [-0.2, 0) is 17.9 Å². The van der Waals surface area contributed by atoms with Crippen LogP contribution in [0.3, 0.4) is 0 Å². The topological polar surface area (TPSA) is 60.7 Å². The largest absolute Gasteiger partial charge is 0.494 e. The van der Waals surface area contributed by atoms with Crippen LogP contribution in [0, 0.1) is 6.92 Å². The van der Waals surface area contributed by atoms with Gasteiger partial charge in [-0.1, -0.05) is 24.3 Å². The first-order chi connectivity index (χ1) is 14.3. The third kappa shape index (κ3) is 5.54. The molecule has 1 heterocycles. The van der Waals surface area contributed by atoms with Crippen molar-refractivity contribution in [2.24, 2.45) is 0 Å². The van der Waals surface area contributed by atoms with Crippen LogP contribution < -0.4 is 10.1 Å². The van der Waals surface area contributed by atoms with Crippen molar-refractivity contribution >= 4 is 16.9 Å². The molecule has 0 saturated carbocycles. The highest BCUT2D eigenvalue weighted by Gasteiger charge is 2.27. The van der Waals surface area contributed by atoms with Crippen molar-refractivity contribution < 1.29 is 31.9 Å². The summed E-state index contributed by atoms with van der Waals surface area (Å²) in [6.07, 6.45) is -4.34. The number of ether oxygens (including phenoxy) is 2. The molecule has 8 heteroatoms. The zero-order valence-corrected chi connectivity index (χ0v) is 16.6. The number of amides is 1. The number of halogens is 3. The van der Waals surface area contributed by atoms with Crippen molar-refractivity contribution in [3.8, 4) is 5.75 Å². The van der Waals surface area contributed by atoms with Crippen molar-refractivity contribution in [1.29, 1.82) is 0 Å². The molecule has 0 fully saturated rings. The lowest BCUT2D eigenvalue weighted by Gasteiger charge is -2.08. The number of furan rings is 1. The van der Waals surface area contributed by atoms with Crippen molar-refractivity contribution in [3.05, 3.63) is 64.9 Å². The van der Waals surface area contributed by atoms with Gasteiger partial charge in [0.1, 0.15) is 17.9 Å². The number of benzene rings is 2. The lowest BCUT2D eigenvalue weighted by Crippen LogP contribution is -2.23. The lowest BCUT2D eigenvalue weighted by atomic mass is 10.1. The highest BCUT2D eigenvalue weighted by atomic mass is 19.4. The van der Waals surface area contributed by atoms with E-state index >= 15 is 0 Å². The van der Waals surface area contributed by atoms with Gasteiger partial charge in [-0.05, 0) is 43.2 Å². The number of rotatable bonds is 8. The van der Waals surface area contributed by atoms with Gasteiger partial charge in [0.2, 0.25) is 0 Å². The number of aryl methyl sites for hydroxylation is 1. The highest BCUT2D eigenvalue weighted by molar-refractivity contribution is 5.99. The maximum Gasteiger partial charge on any atom is 0.411 e. The van der Waals surface area contributed by atoms with Crippen LogP contribution in [0.25, 0.3) is 11.0 Å². The number of nitrogens with one attached hydrogen (secondary N) is 1. The van der Waals surface area contributed by atoms with Gasteiger partial charge in [-0.2, -0.15) is 13.2 Å². The molecule has 0 aliphatic carbocycles. The van der Waals surface area contributed by atoms with Gasteiger partial charge >= 0.3 is 6.18 Å². The van der Waals surface area contributed by atoms with E-state index in [-0.39, 0.29) is 24.8 Å². The summed E-state index contributed by atoms with van der Waals surface area (Å²) in [5, 5.41) is 3.61. The normalized spacial score (nSPS) is 11.6. The molecule has 0 aliphatic rings. The molecule has 1 amide bonds. The monoisotopic (exact) mass is 421 g/mol. The van der Waals surface area contributed by atoms with E-state index in [1.807, 2.05) is 19.9 Å². The van der Waals surface area contributed by atoms with E-state index in [0.29, 0.717) is 23.5 Å². The fourth-order valence-corrected chi connectivity index (χ4v) is 2.97. The van der Waals surface area contributed by atoms with E-state index < -0.39 is 12.8 Å². The first kappa shape index (κ1) is 21.7. The summed E-state index contributed by atoms with van der Waals surface area (Å²) in [7, 11) is 0. The number of fused-ring (bicyclic) bond motifs is 1. The van der Waals surface area contributed by atoms with Crippen molar-refractivity contribution in [2.75, 3.05) is 13.2 Å². The molecule has 3 rings (SSSR count). The van der Waals surface area contributed by atoms with Crippen LogP contribution in [0.4, 0.5) is 13.2 Å². The molecular formula is C22H22F3NO4. The van der Waals surface area contributed by atoms with Gasteiger partial charge in [-0.15, -0.1) is 0 Å². The van der Waals surface area contributed by atoms with Gasteiger partial charge < -0.3 is 19.2 Å². The summed E-state index contributed by atoms with van der Waals surface area (Å²) in [4.78, 5) is 12.6. The number of hydrogen-bond acceptors (Lipinski definition) is 4. The minimum absolute atomic E-state index is 0.131. The predicted octanol–water partition coefficient (Wildman–Crippen LogP) is 5.15. The van der Waals surface area contributed by atoms with Crippen LogP contribution >= 0.6 is 0 Å². The molecule has 0 radical (unpaired) electrons. The third-order valence-corrected chi connectivity index (χ3v) is 4.44. The van der Waals surface area contributed by atoms with E-state index in [1.165, 1.54) is 0 Å². The van der Waals surface area contributed by atoms with Crippen LogP contribution in [0.5, 0.6) is 5.75 Å². The zero-order valence-electron chi connectivity index (χ0n) is 16.6. The smallest absolute Gasteiger partial charge is 0.411 e. The van der Waals surface area contributed by atoms with Gasteiger partial charge in [0.25, 0.3) is 5.91 Å². The van der Waals surface area contributed by atoms with E-state index in [0.717, 1.165) is 16.5 Å². The molecule has 3 aromatic rings. The fourth-order valence-electron chi connectivity index (χ4n) is 2.97. The quantitative estimate of drug-likeness (QED) is 0.547. The molecule has 0 atom stereocenters. The standard InChI is InChI=1S/C22H22F3NO4/c1-3-29-17-8-9-19-18(10-17)14(2)20(30-19)21(27)26-11-15-4-6-16(7-5-15)12-28-13-22(23,24)25/h4-10H,3,11-13H2,1-2H3,(H,26,27). The molecule has 0 aliphatic heterocycles. The molecule has 2 aromatic carbocycles. The second-order valence-electron chi connectivity index (χ2n) is 6.75. The van der Waals surface area contributed by atoms with E-state index in [2.05, 4.69) is 10.1 Å². The molecule has 0 unspecified atom stereocenters. The van der Waals surface area contributed by atoms with Crippen LogP contribution in [-0.4, -0.2) is 25.3 Å². The maximum absolute atomic E-state index is 12.6. The molecule has 160 valence electrons. The van der Waals surface area contributed by atoms with Gasteiger partial charge in [0.15, 0.2) is 5.76 Å². The molecule has 1 N–H and O–H groups in total. The highest BCUT2D eigenvalue weighted by Crippen LogP contribution is 2.29. The van der Waals surface area contributed by atoms with Gasteiger partial charge in [0.05, 0.1) is 13.2 Å².